The molecule has 0 bridgehead atoms. The van der Waals surface area contributed by atoms with E-state index in [-0.39, 0.29) is 12.4 Å². The zero-order valence-electron chi connectivity index (χ0n) is 7.83. The molecule has 0 aliphatic heterocycles. The van der Waals surface area contributed by atoms with E-state index in [0.29, 0.717) is 5.92 Å². The van der Waals surface area contributed by atoms with E-state index in [4.69, 9.17) is 5.11 Å². The first-order chi connectivity index (χ1) is 6.27. The van der Waals surface area contributed by atoms with Crippen molar-refractivity contribution in [2.75, 3.05) is 6.61 Å². The Morgan fingerprint density at radius 1 is 1.31 bits per heavy atom. The number of benzene rings is 1. The van der Waals surface area contributed by atoms with Crippen molar-refractivity contribution >= 4 is 0 Å². The molecule has 1 atom stereocenters. The topological polar surface area (TPSA) is 20.2 Å². The molecule has 0 heterocycles. The van der Waals surface area contributed by atoms with Gasteiger partial charge in [0, 0.05) is 6.61 Å². The van der Waals surface area contributed by atoms with Crippen molar-refractivity contribution in [3.8, 4) is 0 Å². The van der Waals surface area contributed by atoms with E-state index < -0.39 is 0 Å². The minimum atomic E-state index is -0.206. The lowest BCUT2D eigenvalue weighted by Crippen LogP contribution is -2.00. The maximum atomic E-state index is 12.6. The SMILES string of the molecule is CC[C@H](CCO)c1ccc(F)cc1. The van der Waals surface area contributed by atoms with Gasteiger partial charge in [-0.1, -0.05) is 19.1 Å². The van der Waals surface area contributed by atoms with Gasteiger partial charge in [-0.3, -0.25) is 0 Å². The van der Waals surface area contributed by atoms with E-state index in [1.165, 1.54) is 12.1 Å². The third-order valence-electron chi connectivity index (χ3n) is 2.31. The van der Waals surface area contributed by atoms with Crippen molar-refractivity contribution < 1.29 is 9.50 Å². The van der Waals surface area contributed by atoms with Gasteiger partial charge in [0.1, 0.15) is 5.82 Å². The number of hydrogen-bond donors (Lipinski definition) is 1. The van der Waals surface area contributed by atoms with Crippen LogP contribution < -0.4 is 0 Å². The molecule has 1 nitrogen and oxygen atoms in total. The maximum Gasteiger partial charge on any atom is 0.123 e. The Bertz CT molecular complexity index is 243. The Kier molecular flexibility index (Phi) is 3.90. The molecular formula is C11H15FO. The van der Waals surface area contributed by atoms with Crippen LogP contribution in [0.2, 0.25) is 0 Å². The molecule has 0 saturated carbocycles. The van der Waals surface area contributed by atoms with Crippen LogP contribution >= 0.6 is 0 Å². The largest absolute Gasteiger partial charge is 0.396 e. The molecule has 0 amide bonds. The lowest BCUT2D eigenvalue weighted by atomic mass is 9.94. The second-order valence-electron chi connectivity index (χ2n) is 3.17. The highest BCUT2D eigenvalue weighted by Gasteiger charge is 2.07. The van der Waals surface area contributed by atoms with Crippen molar-refractivity contribution in [2.24, 2.45) is 0 Å². The summed E-state index contributed by atoms with van der Waals surface area (Å²) in [5.74, 6) is 0.146. The molecular weight excluding hydrogens is 167 g/mol. The predicted molar refractivity (Wildman–Crippen MR) is 51.1 cm³/mol. The molecule has 0 aromatic heterocycles. The second-order valence-corrected chi connectivity index (χ2v) is 3.17. The fourth-order valence-corrected chi connectivity index (χ4v) is 1.50. The zero-order valence-corrected chi connectivity index (χ0v) is 7.83. The highest BCUT2D eigenvalue weighted by Crippen LogP contribution is 2.22. The number of aliphatic hydroxyl groups is 1. The van der Waals surface area contributed by atoms with Gasteiger partial charge in [-0.15, -0.1) is 0 Å². The molecule has 72 valence electrons. The molecule has 0 fully saturated rings. The lowest BCUT2D eigenvalue weighted by molar-refractivity contribution is 0.274. The third-order valence-corrected chi connectivity index (χ3v) is 2.31. The second kappa shape index (κ2) is 4.97. The molecule has 1 aromatic carbocycles. The fraction of sp³-hybridized carbons (Fsp3) is 0.455. The molecule has 0 saturated heterocycles. The Balaban J connectivity index is 2.73. The lowest BCUT2D eigenvalue weighted by Gasteiger charge is -2.13. The molecule has 0 unspecified atom stereocenters. The Labute approximate surface area is 78.2 Å². The summed E-state index contributed by atoms with van der Waals surface area (Å²) >= 11 is 0. The monoisotopic (exact) mass is 182 g/mol. The van der Waals surface area contributed by atoms with Crippen LogP contribution in [0.5, 0.6) is 0 Å². The summed E-state index contributed by atoms with van der Waals surface area (Å²) in [4.78, 5) is 0. The van der Waals surface area contributed by atoms with Gasteiger partial charge in [0.05, 0.1) is 0 Å². The van der Waals surface area contributed by atoms with Gasteiger partial charge in [0.2, 0.25) is 0 Å². The third kappa shape index (κ3) is 2.81. The summed E-state index contributed by atoms with van der Waals surface area (Å²) in [5, 5.41) is 8.81. The molecule has 0 radical (unpaired) electrons. The van der Waals surface area contributed by atoms with E-state index in [1.54, 1.807) is 12.1 Å². The quantitative estimate of drug-likeness (QED) is 0.759. The maximum absolute atomic E-state index is 12.6. The minimum absolute atomic E-state index is 0.190. The van der Waals surface area contributed by atoms with Crippen LogP contribution in [-0.2, 0) is 0 Å². The van der Waals surface area contributed by atoms with Gasteiger partial charge < -0.3 is 5.11 Å². The Morgan fingerprint density at radius 2 is 1.92 bits per heavy atom. The predicted octanol–water partition coefficient (Wildman–Crippen LogP) is 2.70. The van der Waals surface area contributed by atoms with E-state index in [2.05, 4.69) is 6.92 Å². The molecule has 13 heavy (non-hydrogen) atoms. The van der Waals surface area contributed by atoms with E-state index >= 15 is 0 Å². The van der Waals surface area contributed by atoms with Gasteiger partial charge in [-0.25, -0.2) is 4.39 Å². The van der Waals surface area contributed by atoms with Gasteiger partial charge in [0.15, 0.2) is 0 Å². The van der Waals surface area contributed by atoms with Crippen LogP contribution in [-0.4, -0.2) is 11.7 Å². The van der Waals surface area contributed by atoms with Gasteiger partial charge in [-0.2, -0.15) is 0 Å². The van der Waals surface area contributed by atoms with Crippen LogP contribution in [0.15, 0.2) is 24.3 Å². The smallest absolute Gasteiger partial charge is 0.123 e. The first-order valence-corrected chi connectivity index (χ1v) is 4.64. The van der Waals surface area contributed by atoms with E-state index in [0.717, 1.165) is 18.4 Å². The van der Waals surface area contributed by atoms with Crippen molar-refractivity contribution in [3.63, 3.8) is 0 Å². The van der Waals surface area contributed by atoms with Gasteiger partial charge >= 0.3 is 0 Å². The van der Waals surface area contributed by atoms with E-state index in [9.17, 15) is 4.39 Å². The van der Waals surface area contributed by atoms with Crippen molar-refractivity contribution in [2.45, 2.75) is 25.7 Å². The standard InChI is InChI=1S/C11H15FO/c1-2-9(7-8-13)10-3-5-11(12)6-4-10/h3-6,9,13H,2,7-8H2,1H3/t9-/m1/s1. The molecule has 0 spiro atoms. The summed E-state index contributed by atoms with van der Waals surface area (Å²) in [6.45, 7) is 2.26. The molecule has 1 N–H and O–H groups in total. The first kappa shape index (κ1) is 10.2. The minimum Gasteiger partial charge on any atom is -0.396 e. The van der Waals surface area contributed by atoms with Crippen molar-refractivity contribution in [3.05, 3.63) is 35.6 Å². The number of halogens is 1. The molecule has 0 aliphatic carbocycles. The number of aliphatic hydroxyl groups excluding tert-OH is 1. The fourth-order valence-electron chi connectivity index (χ4n) is 1.50. The summed E-state index contributed by atoms with van der Waals surface area (Å²) in [6, 6.07) is 6.52. The Hall–Kier alpha value is -0.890. The normalized spacial score (nSPS) is 12.8. The van der Waals surface area contributed by atoms with Crippen molar-refractivity contribution in [1.82, 2.24) is 0 Å². The molecule has 0 aliphatic rings. The van der Waals surface area contributed by atoms with Gasteiger partial charge in [0.25, 0.3) is 0 Å². The highest BCUT2D eigenvalue weighted by molar-refractivity contribution is 5.20. The average molecular weight is 182 g/mol. The summed E-state index contributed by atoms with van der Waals surface area (Å²) in [6.07, 6.45) is 1.73. The van der Waals surface area contributed by atoms with Crippen molar-refractivity contribution in [1.29, 1.82) is 0 Å². The van der Waals surface area contributed by atoms with Crippen LogP contribution in [0.1, 0.15) is 31.2 Å². The number of hydrogen-bond acceptors (Lipinski definition) is 1. The molecule has 1 aromatic rings. The van der Waals surface area contributed by atoms with E-state index in [1.807, 2.05) is 0 Å². The van der Waals surface area contributed by atoms with Crippen LogP contribution in [0.25, 0.3) is 0 Å². The molecule has 1 rings (SSSR count). The first-order valence-electron chi connectivity index (χ1n) is 4.64. The summed E-state index contributed by atoms with van der Waals surface area (Å²) in [5.41, 5.74) is 1.11. The summed E-state index contributed by atoms with van der Waals surface area (Å²) < 4.78 is 12.6. The van der Waals surface area contributed by atoms with Crippen LogP contribution in [0.3, 0.4) is 0 Å². The molecule has 2 heteroatoms. The Morgan fingerprint density at radius 3 is 2.38 bits per heavy atom. The van der Waals surface area contributed by atoms with Crippen LogP contribution in [0.4, 0.5) is 4.39 Å². The average Bonchev–Trinajstić information content (AvgIpc) is 2.16. The van der Waals surface area contributed by atoms with Crippen LogP contribution in [0, 0.1) is 5.82 Å². The summed E-state index contributed by atoms with van der Waals surface area (Å²) in [7, 11) is 0. The highest BCUT2D eigenvalue weighted by atomic mass is 19.1. The number of rotatable bonds is 4. The van der Waals surface area contributed by atoms with Gasteiger partial charge in [-0.05, 0) is 36.5 Å². The zero-order chi connectivity index (χ0) is 9.68.